The van der Waals surface area contributed by atoms with Crippen LogP contribution in [0.2, 0.25) is 5.02 Å². The number of carbonyl (C=O) groups is 2. The van der Waals surface area contributed by atoms with Gasteiger partial charge in [-0.25, -0.2) is 4.79 Å². The number of anilines is 1. The summed E-state index contributed by atoms with van der Waals surface area (Å²) < 4.78 is 5.12. The van der Waals surface area contributed by atoms with E-state index in [0.717, 1.165) is 0 Å². The predicted octanol–water partition coefficient (Wildman–Crippen LogP) is 3.20. The van der Waals surface area contributed by atoms with Crippen LogP contribution in [-0.2, 0) is 11.2 Å². The lowest BCUT2D eigenvalue weighted by Gasteiger charge is -2.09. The van der Waals surface area contributed by atoms with Gasteiger partial charge in [0.1, 0.15) is 5.76 Å². The van der Waals surface area contributed by atoms with Crippen molar-refractivity contribution >= 4 is 29.2 Å². The van der Waals surface area contributed by atoms with Crippen LogP contribution in [0.15, 0.2) is 41.0 Å². The minimum absolute atomic E-state index is 0.0381. The topological polar surface area (TPSA) is 79.5 Å². The first-order valence-electron chi connectivity index (χ1n) is 5.92. The van der Waals surface area contributed by atoms with Crippen LogP contribution in [0, 0.1) is 0 Å². The second-order valence-corrected chi connectivity index (χ2v) is 4.50. The summed E-state index contributed by atoms with van der Waals surface area (Å²) in [6.07, 6.45) is 2.15. The van der Waals surface area contributed by atoms with Crippen molar-refractivity contribution in [3.63, 3.8) is 0 Å². The van der Waals surface area contributed by atoms with Gasteiger partial charge < -0.3 is 14.8 Å². The number of para-hydroxylation sites is 1. The summed E-state index contributed by atoms with van der Waals surface area (Å²) in [5, 5.41) is 11.8. The molecule has 1 heterocycles. The number of amides is 1. The number of hydrogen-bond donors (Lipinski definition) is 2. The maximum Gasteiger partial charge on any atom is 0.337 e. The van der Waals surface area contributed by atoms with Crippen molar-refractivity contribution in [2.45, 2.75) is 12.8 Å². The molecule has 1 aromatic heterocycles. The maximum absolute atomic E-state index is 11.8. The van der Waals surface area contributed by atoms with Gasteiger partial charge >= 0.3 is 5.97 Å². The van der Waals surface area contributed by atoms with E-state index in [-0.39, 0.29) is 28.6 Å². The molecule has 1 amide bonds. The molecule has 0 fully saturated rings. The highest BCUT2D eigenvalue weighted by atomic mass is 35.5. The molecule has 0 radical (unpaired) electrons. The second kappa shape index (κ2) is 6.25. The number of rotatable bonds is 5. The van der Waals surface area contributed by atoms with Crippen LogP contribution in [0.1, 0.15) is 22.5 Å². The Kier molecular flexibility index (Phi) is 4.42. The molecular weight excluding hydrogens is 282 g/mol. The van der Waals surface area contributed by atoms with E-state index in [1.807, 2.05) is 0 Å². The normalized spacial score (nSPS) is 10.2. The van der Waals surface area contributed by atoms with E-state index < -0.39 is 5.97 Å². The highest BCUT2D eigenvalue weighted by Gasteiger charge is 2.15. The molecule has 2 rings (SSSR count). The van der Waals surface area contributed by atoms with E-state index in [0.29, 0.717) is 12.2 Å². The van der Waals surface area contributed by atoms with Gasteiger partial charge in [0, 0.05) is 12.8 Å². The molecule has 0 atom stereocenters. The van der Waals surface area contributed by atoms with E-state index in [4.69, 9.17) is 21.1 Å². The Morgan fingerprint density at radius 3 is 2.70 bits per heavy atom. The van der Waals surface area contributed by atoms with Crippen LogP contribution in [0.25, 0.3) is 0 Å². The molecule has 5 nitrogen and oxygen atoms in total. The molecule has 2 aromatic rings. The standard InChI is InChI=1S/C14H12ClNO4/c15-11-5-1-4-10(14(18)19)13(11)16-12(17)7-6-9-3-2-8-20-9/h1-5,8H,6-7H2,(H,16,17)(H,18,19). The van der Waals surface area contributed by atoms with Gasteiger partial charge in [-0.15, -0.1) is 0 Å². The Bertz CT molecular complexity index is 622. The first-order chi connectivity index (χ1) is 9.58. The van der Waals surface area contributed by atoms with E-state index in [2.05, 4.69) is 5.32 Å². The molecular formula is C14H12ClNO4. The summed E-state index contributed by atoms with van der Waals surface area (Å²) >= 11 is 5.92. The smallest absolute Gasteiger partial charge is 0.337 e. The molecule has 0 aliphatic heterocycles. The molecule has 0 saturated heterocycles. The SMILES string of the molecule is O=C(CCc1ccco1)Nc1c(Cl)cccc1C(=O)O. The molecule has 20 heavy (non-hydrogen) atoms. The number of aromatic carboxylic acids is 1. The fourth-order valence-corrected chi connectivity index (χ4v) is 1.94. The highest BCUT2D eigenvalue weighted by molar-refractivity contribution is 6.34. The quantitative estimate of drug-likeness (QED) is 0.887. The highest BCUT2D eigenvalue weighted by Crippen LogP contribution is 2.26. The number of carbonyl (C=O) groups excluding carboxylic acids is 1. The number of hydrogen-bond acceptors (Lipinski definition) is 3. The Hall–Kier alpha value is -2.27. The van der Waals surface area contributed by atoms with Crippen molar-refractivity contribution in [3.05, 3.63) is 52.9 Å². The Morgan fingerprint density at radius 2 is 2.05 bits per heavy atom. The van der Waals surface area contributed by atoms with E-state index >= 15 is 0 Å². The van der Waals surface area contributed by atoms with Crippen molar-refractivity contribution in [3.8, 4) is 0 Å². The zero-order chi connectivity index (χ0) is 14.5. The van der Waals surface area contributed by atoms with E-state index in [9.17, 15) is 9.59 Å². The van der Waals surface area contributed by atoms with Gasteiger partial charge in [0.2, 0.25) is 5.91 Å². The van der Waals surface area contributed by atoms with Crippen molar-refractivity contribution in [1.29, 1.82) is 0 Å². The summed E-state index contributed by atoms with van der Waals surface area (Å²) in [4.78, 5) is 22.9. The van der Waals surface area contributed by atoms with Gasteiger partial charge in [0.25, 0.3) is 0 Å². The third-order valence-corrected chi connectivity index (χ3v) is 3.00. The minimum atomic E-state index is -1.14. The fourth-order valence-electron chi connectivity index (χ4n) is 1.72. The molecule has 2 N–H and O–H groups in total. The van der Waals surface area contributed by atoms with Gasteiger partial charge in [-0.2, -0.15) is 0 Å². The number of halogens is 1. The molecule has 0 aliphatic rings. The Balaban J connectivity index is 2.06. The average molecular weight is 294 g/mol. The molecule has 0 aliphatic carbocycles. The number of carboxylic acid groups (broad SMARTS) is 1. The summed E-state index contributed by atoms with van der Waals surface area (Å²) in [6, 6.07) is 7.94. The Labute approximate surface area is 120 Å². The van der Waals surface area contributed by atoms with Gasteiger partial charge in [-0.05, 0) is 24.3 Å². The Morgan fingerprint density at radius 1 is 1.25 bits per heavy atom. The molecule has 6 heteroatoms. The predicted molar refractivity (Wildman–Crippen MR) is 74.1 cm³/mol. The molecule has 104 valence electrons. The van der Waals surface area contributed by atoms with Crippen molar-refractivity contribution in [1.82, 2.24) is 0 Å². The molecule has 0 saturated carbocycles. The monoisotopic (exact) mass is 293 g/mol. The molecule has 0 spiro atoms. The van der Waals surface area contributed by atoms with Crippen molar-refractivity contribution in [2.24, 2.45) is 0 Å². The first-order valence-corrected chi connectivity index (χ1v) is 6.30. The minimum Gasteiger partial charge on any atom is -0.478 e. The van der Waals surface area contributed by atoms with Gasteiger partial charge in [0.15, 0.2) is 0 Å². The summed E-state index contributed by atoms with van der Waals surface area (Å²) in [5.41, 5.74) is 0.0787. The number of carboxylic acids is 1. The number of aryl methyl sites for hydroxylation is 1. The van der Waals surface area contributed by atoms with E-state index in [1.54, 1.807) is 12.1 Å². The van der Waals surface area contributed by atoms with Crippen molar-refractivity contribution in [2.75, 3.05) is 5.32 Å². The second-order valence-electron chi connectivity index (χ2n) is 4.10. The number of benzene rings is 1. The van der Waals surface area contributed by atoms with Crippen molar-refractivity contribution < 1.29 is 19.1 Å². The van der Waals surface area contributed by atoms with Crippen LogP contribution in [0.3, 0.4) is 0 Å². The zero-order valence-electron chi connectivity index (χ0n) is 10.4. The lowest BCUT2D eigenvalue weighted by Crippen LogP contribution is -2.15. The molecule has 1 aromatic carbocycles. The van der Waals surface area contributed by atoms with Gasteiger partial charge in [0.05, 0.1) is 22.5 Å². The fraction of sp³-hybridized carbons (Fsp3) is 0.143. The van der Waals surface area contributed by atoms with Crippen LogP contribution < -0.4 is 5.32 Å². The van der Waals surface area contributed by atoms with Crippen LogP contribution >= 0.6 is 11.6 Å². The van der Waals surface area contributed by atoms with Gasteiger partial charge in [-0.1, -0.05) is 17.7 Å². The third-order valence-electron chi connectivity index (χ3n) is 2.69. The first kappa shape index (κ1) is 14.1. The summed E-state index contributed by atoms with van der Waals surface area (Å²) in [6.45, 7) is 0. The van der Waals surface area contributed by atoms with E-state index in [1.165, 1.54) is 24.5 Å². The summed E-state index contributed by atoms with van der Waals surface area (Å²) in [5.74, 6) is -0.774. The lowest BCUT2D eigenvalue weighted by atomic mass is 10.1. The zero-order valence-corrected chi connectivity index (χ0v) is 11.2. The number of furan rings is 1. The maximum atomic E-state index is 11.8. The largest absolute Gasteiger partial charge is 0.478 e. The molecule has 0 bridgehead atoms. The average Bonchev–Trinajstić information content (AvgIpc) is 2.91. The molecule has 0 unspecified atom stereocenters. The van der Waals surface area contributed by atoms with Crippen LogP contribution in [-0.4, -0.2) is 17.0 Å². The summed E-state index contributed by atoms with van der Waals surface area (Å²) in [7, 11) is 0. The van der Waals surface area contributed by atoms with Crippen LogP contribution in [0.4, 0.5) is 5.69 Å². The van der Waals surface area contributed by atoms with Gasteiger partial charge in [-0.3, -0.25) is 4.79 Å². The third kappa shape index (κ3) is 3.39. The lowest BCUT2D eigenvalue weighted by molar-refractivity contribution is -0.116. The van der Waals surface area contributed by atoms with Crippen LogP contribution in [0.5, 0.6) is 0 Å². The number of nitrogens with one attached hydrogen (secondary N) is 1.